The minimum atomic E-state index is -1.10. The summed E-state index contributed by atoms with van der Waals surface area (Å²) in [5, 5.41) is 15.3. The molecule has 3 N–H and O–H groups in total. The zero-order valence-electron chi connectivity index (χ0n) is 9.95. The molecule has 0 radical (unpaired) electrons. The Hall–Kier alpha value is -1.16. The van der Waals surface area contributed by atoms with Crippen LogP contribution in [-0.4, -0.2) is 24.9 Å². The standard InChI is InChI=1S/C10H18N4OSi/c1-16(2,3)5-4-15-10(12)9-8(6-11)7-13-14-9/h7,10H,4-5,12H2,1-3H3,(H,13,14). The zero-order valence-corrected chi connectivity index (χ0v) is 10.9. The van der Waals surface area contributed by atoms with E-state index in [4.69, 9.17) is 15.7 Å². The average molecular weight is 238 g/mol. The summed E-state index contributed by atoms with van der Waals surface area (Å²) >= 11 is 0. The van der Waals surface area contributed by atoms with Crippen molar-refractivity contribution in [2.75, 3.05) is 6.61 Å². The van der Waals surface area contributed by atoms with Crippen LogP contribution in [0.5, 0.6) is 0 Å². The zero-order chi connectivity index (χ0) is 12.2. The van der Waals surface area contributed by atoms with Crippen molar-refractivity contribution in [1.29, 1.82) is 5.26 Å². The molecule has 0 fully saturated rings. The van der Waals surface area contributed by atoms with Crippen molar-refractivity contribution in [3.63, 3.8) is 0 Å². The van der Waals surface area contributed by atoms with Gasteiger partial charge in [-0.1, -0.05) is 19.6 Å². The van der Waals surface area contributed by atoms with Crippen molar-refractivity contribution < 1.29 is 4.74 Å². The van der Waals surface area contributed by atoms with Crippen molar-refractivity contribution in [3.8, 4) is 6.07 Å². The third-order valence-corrected chi connectivity index (χ3v) is 3.91. The molecule has 1 rings (SSSR count). The Kier molecular flexibility index (Phi) is 4.24. The summed E-state index contributed by atoms with van der Waals surface area (Å²) in [5.74, 6) is 0. The summed E-state index contributed by atoms with van der Waals surface area (Å²) in [6, 6.07) is 3.07. The Morgan fingerprint density at radius 1 is 1.62 bits per heavy atom. The normalized spacial score (nSPS) is 13.4. The molecule has 0 aliphatic heterocycles. The molecule has 0 bridgehead atoms. The predicted octanol–water partition coefficient (Wildman–Crippen LogP) is 1.59. The number of nitrogens with two attached hydrogens (primary N) is 1. The number of ether oxygens (including phenoxy) is 1. The van der Waals surface area contributed by atoms with Crippen LogP contribution in [0.4, 0.5) is 0 Å². The molecule has 1 aromatic rings. The third-order valence-electron chi connectivity index (χ3n) is 2.21. The van der Waals surface area contributed by atoms with E-state index in [-0.39, 0.29) is 0 Å². The van der Waals surface area contributed by atoms with Crippen LogP contribution in [0.15, 0.2) is 6.20 Å². The Balaban J connectivity index is 2.48. The SMILES string of the molecule is C[Si](C)(C)CCOC(N)c1n[nH]cc1C#N. The summed E-state index contributed by atoms with van der Waals surface area (Å²) < 4.78 is 5.48. The highest BCUT2D eigenvalue weighted by molar-refractivity contribution is 6.76. The van der Waals surface area contributed by atoms with Gasteiger partial charge in [0.15, 0.2) is 6.23 Å². The van der Waals surface area contributed by atoms with Crippen LogP contribution in [-0.2, 0) is 4.74 Å². The maximum Gasteiger partial charge on any atom is 0.152 e. The van der Waals surface area contributed by atoms with Gasteiger partial charge in [-0.05, 0) is 6.04 Å². The highest BCUT2D eigenvalue weighted by Gasteiger charge is 2.17. The van der Waals surface area contributed by atoms with E-state index in [1.807, 2.05) is 6.07 Å². The summed E-state index contributed by atoms with van der Waals surface area (Å²) in [4.78, 5) is 0. The van der Waals surface area contributed by atoms with E-state index in [2.05, 4.69) is 29.8 Å². The van der Waals surface area contributed by atoms with Gasteiger partial charge < -0.3 is 10.5 Å². The lowest BCUT2D eigenvalue weighted by Crippen LogP contribution is -2.24. The topological polar surface area (TPSA) is 87.7 Å². The fraction of sp³-hybridized carbons (Fsp3) is 0.600. The van der Waals surface area contributed by atoms with Gasteiger partial charge in [-0.25, -0.2) is 0 Å². The summed E-state index contributed by atoms with van der Waals surface area (Å²) in [7, 11) is -1.10. The van der Waals surface area contributed by atoms with E-state index in [0.717, 1.165) is 6.04 Å². The minimum Gasteiger partial charge on any atom is -0.358 e. The van der Waals surface area contributed by atoms with Crippen molar-refractivity contribution in [3.05, 3.63) is 17.5 Å². The Morgan fingerprint density at radius 3 is 2.88 bits per heavy atom. The second-order valence-corrected chi connectivity index (χ2v) is 10.5. The molecule has 16 heavy (non-hydrogen) atoms. The van der Waals surface area contributed by atoms with Gasteiger partial charge in [0.2, 0.25) is 0 Å². The van der Waals surface area contributed by atoms with Crippen molar-refractivity contribution >= 4 is 8.07 Å². The number of hydrogen-bond donors (Lipinski definition) is 2. The van der Waals surface area contributed by atoms with Gasteiger partial charge in [0.25, 0.3) is 0 Å². The van der Waals surface area contributed by atoms with Crippen molar-refractivity contribution in [1.82, 2.24) is 10.2 Å². The van der Waals surface area contributed by atoms with Gasteiger partial charge in [0.05, 0.1) is 5.56 Å². The first-order valence-electron chi connectivity index (χ1n) is 5.25. The van der Waals surface area contributed by atoms with Crippen molar-refractivity contribution in [2.24, 2.45) is 5.73 Å². The lowest BCUT2D eigenvalue weighted by molar-refractivity contribution is 0.0636. The second kappa shape index (κ2) is 5.25. The van der Waals surface area contributed by atoms with E-state index in [1.165, 1.54) is 6.20 Å². The van der Waals surface area contributed by atoms with Gasteiger partial charge in [0.1, 0.15) is 11.8 Å². The van der Waals surface area contributed by atoms with Gasteiger partial charge in [-0.2, -0.15) is 10.4 Å². The van der Waals surface area contributed by atoms with Crippen molar-refractivity contribution in [2.45, 2.75) is 31.9 Å². The largest absolute Gasteiger partial charge is 0.358 e. The number of nitrogens with zero attached hydrogens (tertiary/aromatic N) is 2. The molecule has 0 aromatic carbocycles. The predicted molar refractivity (Wildman–Crippen MR) is 64.3 cm³/mol. The van der Waals surface area contributed by atoms with E-state index >= 15 is 0 Å². The van der Waals surface area contributed by atoms with Crippen LogP contribution in [0, 0.1) is 11.3 Å². The highest BCUT2D eigenvalue weighted by atomic mass is 28.3. The molecular weight excluding hydrogens is 220 g/mol. The number of aromatic amines is 1. The first-order chi connectivity index (χ1) is 7.44. The van der Waals surface area contributed by atoms with Crippen LogP contribution in [0.3, 0.4) is 0 Å². The number of nitrogens with one attached hydrogen (secondary N) is 1. The number of rotatable bonds is 5. The van der Waals surface area contributed by atoms with Crippen LogP contribution in [0.2, 0.25) is 25.7 Å². The molecular formula is C10H18N4OSi. The molecule has 0 aliphatic rings. The maximum atomic E-state index is 8.80. The molecule has 1 atom stereocenters. The number of aromatic nitrogens is 2. The van der Waals surface area contributed by atoms with Gasteiger partial charge in [-0.3, -0.25) is 5.10 Å². The number of hydrogen-bond acceptors (Lipinski definition) is 4. The Labute approximate surface area is 96.6 Å². The van der Waals surface area contributed by atoms with Crippen LogP contribution >= 0.6 is 0 Å². The fourth-order valence-corrected chi connectivity index (χ4v) is 1.91. The monoisotopic (exact) mass is 238 g/mol. The summed E-state index contributed by atoms with van der Waals surface area (Å²) in [6.07, 6.45) is 0.911. The molecule has 0 saturated heterocycles. The first-order valence-corrected chi connectivity index (χ1v) is 8.96. The van der Waals surface area contributed by atoms with Gasteiger partial charge >= 0.3 is 0 Å². The molecule has 0 saturated carbocycles. The molecule has 1 aromatic heterocycles. The van der Waals surface area contributed by atoms with Crippen LogP contribution in [0.1, 0.15) is 17.5 Å². The lowest BCUT2D eigenvalue weighted by Gasteiger charge is -2.17. The third kappa shape index (κ3) is 3.77. The summed E-state index contributed by atoms with van der Waals surface area (Å²) in [5.41, 5.74) is 6.73. The molecule has 6 heteroatoms. The van der Waals surface area contributed by atoms with Gasteiger partial charge in [0, 0.05) is 20.9 Å². The quantitative estimate of drug-likeness (QED) is 0.602. The Morgan fingerprint density at radius 2 is 2.31 bits per heavy atom. The van der Waals surface area contributed by atoms with Crippen LogP contribution < -0.4 is 5.73 Å². The first kappa shape index (κ1) is 12.9. The minimum absolute atomic E-state index is 0.445. The molecule has 0 amide bonds. The van der Waals surface area contributed by atoms with E-state index in [1.54, 1.807) is 0 Å². The maximum absolute atomic E-state index is 8.80. The second-order valence-electron chi connectivity index (χ2n) is 4.90. The summed E-state index contributed by atoms with van der Waals surface area (Å²) in [6.45, 7) is 7.44. The number of nitriles is 1. The molecule has 0 spiro atoms. The lowest BCUT2D eigenvalue weighted by atomic mass is 10.2. The van der Waals surface area contributed by atoms with Gasteiger partial charge in [-0.15, -0.1) is 0 Å². The van der Waals surface area contributed by atoms with Crippen LogP contribution in [0.25, 0.3) is 0 Å². The molecule has 1 heterocycles. The van der Waals surface area contributed by atoms with E-state index < -0.39 is 14.3 Å². The fourth-order valence-electron chi connectivity index (χ4n) is 1.18. The molecule has 1 unspecified atom stereocenters. The van der Waals surface area contributed by atoms with E-state index in [9.17, 15) is 0 Å². The Bertz CT molecular complexity index is 377. The number of H-pyrrole nitrogens is 1. The molecule has 0 aliphatic carbocycles. The average Bonchev–Trinajstić information content (AvgIpc) is 2.63. The van der Waals surface area contributed by atoms with E-state index in [0.29, 0.717) is 17.9 Å². The molecule has 88 valence electrons. The highest BCUT2D eigenvalue weighted by Crippen LogP contribution is 2.15. The molecule has 5 nitrogen and oxygen atoms in total. The smallest absolute Gasteiger partial charge is 0.152 e.